The van der Waals surface area contributed by atoms with Gasteiger partial charge in [0.05, 0.1) is 29.4 Å². The summed E-state index contributed by atoms with van der Waals surface area (Å²) in [6, 6.07) is 19.9. The number of pyridine rings is 1. The number of hydrogen-bond donors (Lipinski definition) is 0. The molecular weight excluding hydrogens is 564 g/mol. The first kappa shape index (κ1) is 29.2. The van der Waals surface area contributed by atoms with E-state index in [2.05, 4.69) is 9.89 Å². The maximum atomic E-state index is 13.6. The molecule has 5 heterocycles. The van der Waals surface area contributed by atoms with Gasteiger partial charge in [-0.15, -0.1) is 0 Å². The zero-order valence-electron chi connectivity index (χ0n) is 25.9. The Morgan fingerprint density at radius 2 is 1.78 bits per heavy atom. The summed E-state index contributed by atoms with van der Waals surface area (Å²) in [6.45, 7) is 7.60. The average molecular weight is 605 g/mol. The van der Waals surface area contributed by atoms with Gasteiger partial charge in [-0.2, -0.15) is 0 Å². The van der Waals surface area contributed by atoms with Crippen LogP contribution in [-0.2, 0) is 0 Å². The summed E-state index contributed by atoms with van der Waals surface area (Å²) in [6.07, 6.45) is 9.03. The van der Waals surface area contributed by atoms with Crippen molar-refractivity contribution in [2.75, 3.05) is 45.9 Å². The summed E-state index contributed by atoms with van der Waals surface area (Å²) >= 11 is 0. The molecule has 0 bridgehead atoms. The van der Waals surface area contributed by atoms with Crippen molar-refractivity contribution in [3.63, 3.8) is 0 Å². The van der Waals surface area contributed by atoms with Gasteiger partial charge in [0.1, 0.15) is 11.6 Å². The Balaban J connectivity index is 0.870. The zero-order valence-corrected chi connectivity index (χ0v) is 25.9. The molecule has 0 saturated carbocycles. The lowest BCUT2D eigenvalue weighted by atomic mass is 10.1. The van der Waals surface area contributed by atoms with Crippen LogP contribution >= 0.6 is 0 Å². The van der Waals surface area contributed by atoms with Crippen LogP contribution in [0.25, 0.3) is 16.9 Å². The van der Waals surface area contributed by atoms with E-state index < -0.39 is 0 Å². The van der Waals surface area contributed by atoms with E-state index in [1.807, 2.05) is 94.2 Å². The van der Waals surface area contributed by atoms with Crippen LogP contribution in [-0.4, -0.2) is 94.0 Å². The summed E-state index contributed by atoms with van der Waals surface area (Å²) in [5.74, 6) is 1.68. The number of rotatable bonds is 9. The lowest BCUT2D eigenvalue weighted by Gasteiger charge is -2.34. The molecule has 2 aromatic carbocycles. The van der Waals surface area contributed by atoms with Gasteiger partial charge in [-0.1, -0.05) is 36.4 Å². The summed E-state index contributed by atoms with van der Waals surface area (Å²) in [5, 5.41) is 0. The van der Waals surface area contributed by atoms with Crippen molar-refractivity contribution >= 4 is 29.2 Å². The number of carbonyl (C=O) groups excluding carboxylic acids is 2. The highest BCUT2D eigenvalue weighted by molar-refractivity contribution is 6.03. The van der Waals surface area contributed by atoms with Crippen molar-refractivity contribution in [3.05, 3.63) is 83.7 Å². The molecule has 7 rings (SSSR count). The van der Waals surface area contributed by atoms with Crippen molar-refractivity contribution in [2.24, 2.45) is 4.99 Å². The second kappa shape index (κ2) is 12.9. The summed E-state index contributed by atoms with van der Waals surface area (Å²) < 4.78 is 8.15. The van der Waals surface area contributed by atoms with Gasteiger partial charge >= 0.3 is 0 Å². The predicted octanol–water partition coefficient (Wildman–Crippen LogP) is 5.64. The first-order valence-corrected chi connectivity index (χ1v) is 16.2. The quantitative estimate of drug-likeness (QED) is 0.231. The topological polar surface area (TPSA) is 82.8 Å². The van der Waals surface area contributed by atoms with E-state index >= 15 is 0 Å². The molecule has 0 N–H and O–H groups in total. The minimum absolute atomic E-state index is 0.00111. The molecular formula is C36H40N6O3. The molecule has 9 heteroatoms. The standard InChI is InChI=1S/C36H40N6O3/c1-26-23-29-30(37-25-28-13-10-17-41(28)35(29)43)24-32(26)45-22-9-3-7-15-39-18-20-40(21-19-39)36(44)33-31-14-6-8-16-42(31)34(38-33)27-11-4-2-5-12-27/h2,4-6,8,11-12,14,16,23-25,28H,3,7,9-10,13,15,17-22H2,1H3/t28-/m0/s1. The van der Waals surface area contributed by atoms with Crippen molar-refractivity contribution in [1.82, 2.24) is 24.1 Å². The average Bonchev–Trinajstić information content (AvgIpc) is 3.69. The van der Waals surface area contributed by atoms with E-state index in [1.54, 1.807) is 0 Å². The highest BCUT2D eigenvalue weighted by Gasteiger charge is 2.32. The fraction of sp³-hybridized carbons (Fsp3) is 0.389. The van der Waals surface area contributed by atoms with Crippen molar-refractivity contribution in [3.8, 4) is 17.1 Å². The van der Waals surface area contributed by atoms with Crippen LogP contribution in [0.1, 0.15) is 58.5 Å². The Kier molecular flexibility index (Phi) is 8.35. The van der Waals surface area contributed by atoms with Gasteiger partial charge in [-0.05, 0) is 69.3 Å². The van der Waals surface area contributed by atoms with Crippen molar-refractivity contribution < 1.29 is 14.3 Å². The Morgan fingerprint density at radius 1 is 0.956 bits per heavy atom. The van der Waals surface area contributed by atoms with E-state index in [9.17, 15) is 9.59 Å². The third-order valence-corrected chi connectivity index (χ3v) is 9.29. The maximum absolute atomic E-state index is 13.6. The highest BCUT2D eigenvalue weighted by Crippen LogP contribution is 2.34. The number of amides is 2. The number of ether oxygens (including phenoxy) is 1. The van der Waals surface area contributed by atoms with Crippen LogP contribution in [0.5, 0.6) is 5.75 Å². The van der Waals surface area contributed by atoms with Gasteiger partial charge in [0.25, 0.3) is 11.8 Å². The molecule has 3 aliphatic rings. The van der Waals surface area contributed by atoms with Crippen molar-refractivity contribution in [2.45, 2.75) is 45.1 Å². The molecule has 0 aliphatic carbocycles. The van der Waals surface area contributed by atoms with Gasteiger partial charge in [-0.3, -0.25) is 23.9 Å². The van der Waals surface area contributed by atoms with Crippen LogP contribution in [0.15, 0.2) is 71.9 Å². The predicted molar refractivity (Wildman–Crippen MR) is 176 cm³/mol. The number of aliphatic imine (C=N–C) groups is 1. The third kappa shape index (κ3) is 5.96. The smallest absolute Gasteiger partial charge is 0.274 e. The Hall–Kier alpha value is -4.50. The van der Waals surface area contributed by atoms with Crippen LogP contribution in [0.4, 0.5) is 5.69 Å². The first-order valence-electron chi connectivity index (χ1n) is 16.2. The number of aryl methyl sites for hydroxylation is 1. The molecule has 1 atom stereocenters. The normalized spacial score (nSPS) is 18.2. The van der Waals surface area contributed by atoms with Crippen LogP contribution in [0, 0.1) is 6.92 Å². The van der Waals surface area contributed by atoms with Gasteiger partial charge in [-0.25, -0.2) is 4.98 Å². The number of nitrogens with zero attached hydrogens (tertiary/aromatic N) is 6. The highest BCUT2D eigenvalue weighted by atomic mass is 16.5. The van der Waals surface area contributed by atoms with Gasteiger partial charge in [0, 0.05) is 56.8 Å². The molecule has 2 aromatic heterocycles. The number of imidazole rings is 1. The molecule has 0 spiro atoms. The largest absolute Gasteiger partial charge is 0.493 e. The van der Waals surface area contributed by atoms with E-state index in [0.717, 1.165) is 86.5 Å². The van der Waals surface area contributed by atoms with E-state index in [1.165, 1.54) is 0 Å². The molecule has 4 aromatic rings. The van der Waals surface area contributed by atoms with Crippen LogP contribution in [0.3, 0.4) is 0 Å². The lowest BCUT2D eigenvalue weighted by molar-refractivity contribution is 0.0631. The molecule has 0 radical (unpaired) electrons. The molecule has 232 valence electrons. The number of aromatic nitrogens is 2. The Bertz CT molecular complexity index is 1720. The van der Waals surface area contributed by atoms with Crippen molar-refractivity contribution in [1.29, 1.82) is 0 Å². The summed E-state index contributed by atoms with van der Waals surface area (Å²) in [4.78, 5) is 42.4. The molecule has 0 unspecified atom stereocenters. The number of fused-ring (bicyclic) bond motifs is 3. The molecule has 2 fully saturated rings. The SMILES string of the molecule is Cc1cc2c(cc1OCCCCCN1CCN(C(=O)c3nc(-c4ccccc4)n4ccccc34)CC1)N=C[C@@H]1CCCN1C2=O. The maximum Gasteiger partial charge on any atom is 0.274 e. The molecule has 45 heavy (non-hydrogen) atoms. The van der Waals surface area contributed by atoms with Crippen LogP contribution in [0.2, 0.25) is 0 Å². The zero-order chi connectivity index (χ0) is 30.8. The number of piperazine rings is 1. The molecule has 3 aliphatic heterocycles. The molecule has 2 amide bonds. The fourth-order valence-corrected chi connectivity index (χ4v) is 6.74. The first-order chi connectivity index (χ1) is 22.1. The fourth-order valence-electron chi connectivity index (χ4n) is 6.74. The monoisotopic (exact) mass is 604 g/mol. The number of hydrogen-bond acceptors (Lipinski definition) is 6. The number of unbranched alkanes of at least 4 members (excludes halogenated alkanes) is 2. The Morgan fingerprint density at radius 3 is 2.62 bits per heavy atom. The minimum Gasteiger partial charge on any atom is -0.493 e. The van der Waals surface area contributed by atoms with Gasteiger partial charge in [0.15, 0.2) is 5.69 Å². The Labute approximate surface area is 264 Å². The van der Waals surface area contributed by atoms with E-state index in [4.69, 9.17) is 9.72 Å². The number of carbonyl (C=O) groups is 2. The molecule has 2 saturated heterocycles. The van der Waals surface area contributed by atoms with E-state index in [-0.39, 0.29) is 17.9 Å². The van der Waals surface area contributed by atoms with E-state index in [0.29, 0.717) is 36.6 Å². The van der Waals surface area contributed by atoms with Gasteiger partial charge < -0.3 is 14.5 Å². The summed E-state index contributed by atoms with van der Waals surface area (Å²) in [7, 11) is 0. The second-order valence-corrected chi connectivity index (χ2v) is 12.3. The van der Waals surface area contributed by atoms with Gasteiger partial charge in [0.2, 0.25) is 0 Å². The number of benzene rings is 2. The summed E-state index contributed by atoms with van der Waals surface area (Å²) in [5.41, 5.74) is 4.72. The second-order valence-electron chi connectivity index (χ2n) is 12.3. The lowest BCUT2D eigenvalue weighted by Crippen LogP contribution is -2.49. The van der Waals surface area contributed by atoms with Crippen LogP contribution < -0.4 is 4.74 Å². The molecule has 9 nitrogen and oxygen atoms in total. The third-order valence-electron chi connectivity index (χ3n) is 9.29. The minimum atomic E-state index is 0.00111.